The van der Waals surface area contributed by atoms with E-state index in [4.69, 9.17) is 10.5 Å². The third-order valence-corrected chi connectivity index (χ3v) is 2.97. The van der Waals surface area contributed by atoms with Crippen LogP contribution in [0.15, 0.2) is 18.2 Å². The van der Waals surface area contributed by atoms with Gasteiger partial charge in [-0.3, -0.25) is 4.79 Å². The van der Waals surface area contributed by atoms with Crippen molar-refractivity contribution < 1.29 is 14.3 Å². The third kappa shape index (κ3) is 3.66. The normalized spacial score (nSPS) is 9.88. The van der Waals surface area contributed by atoms with Crippen LogP contribution in [0.5, 0.6) is 5.75 Å². The highest BCUT2D eigenvalue weighted by molar-refractivity contribution is 7.99. The molecular weight excluding hydrogens is 226 g/mol. The molecule has 0 amide bonds. The number of nitrogens with two attached hydrogens (primary N) is 1. The van der Waals surface area contributed by atoms with Crippen molar-refractivity contribution in [1.29, 1.82) is 0 Å². The second-order valence-corrected chi connectivity index (χ2v) is 4.13. The molecule has 0 saturated carbocycles. The molecule has 0 radical (unpaired) electrons. The smallest absolute Gasteiger partial charge is 0.315 e. The van der Waals surface area contributed by atoms with Gasteiger partial charge in [0.05, 0.1) is 20.0 Å². The van der Waals surface area contributed by atoms with Crippen LogP contribution in [0, 0.1) is 0 Å². The Morgan fingerprint density at radius 3 is 2.81 bits per heavy atom. The van der Waals surface area contributed by atoms with Gasteiger partial charge >= 0.3 is 5.97 Å². The third-order valence-electron chi connectivity index (χ3n) is 2.02. The van der Waals surface area contributed by atoms with Crippen LogP contribution in [0.25, 0.3) is 0 Å². The number of rotatable bonds is 5. The van der Waals surface area contributed by atoms with Gasteiger partial charge < -0.3 is 15.2 Å². The molecule has 16 heavy (non-hydrogen) atoms. The standard InChI is InChI=1S/C11H15NO3S/c1-14-10-5-9(12)4-3-8(10)6-16-7-11(13)15-2/h3-5H,6-7,12H2,1-2H3. The number of hydrogen-bond donors (Lipinski definition) is 1. The summed E-state index contributed by atoms with van der Waals surface area (Å²) in [6.07, 6.45) is 0. The van der Waals surface area contributed by atoms with Crippen molar-refractivity contribution >= 4 is 23.4 Å². The van der Waals surface area contributed by atoms with E-state index in [1.54, 1.807) is 13.2 Å². The van der Waals surface area contributed by atoms with Crippen LogP contribution in [0.1, 0.15) is 5.56 Å². The van der Waals surface area contributed by atoms with E-state index in [1.807, 2.05) is 12.1 Å². The number of nitrogen functional groups attached to an aromatic ring is 1. The molecule has 88 valence electrons. The lowest BCUT2D eigenvalue weighted by Gasteiger charge is -2.08. The quantitative estimate of drug-likeness (QED) is 0.628. The predicted molar refractivity (Wildman–Crippen MR) is 65.6 cm³/mol. The van der Waals surface area contributed by atoms with E-state index in [9.17, 15) is 4.79 Å². The molecule has 1 rings (SSSR count). The molecule has 0 aliphatic rings. The highest BCUT2D eigenvalue weighted by atomic mass is 32.2. The maximum Gasteiger partial charge on any atom is 0.315 e. The van der Waals surface area contributed by atoms with Crippen molar-refractivity contribution in [2.75, 3.05) is 25.7 Å². The van der Waals surface area contributed by atoms with Crippen LogP contribution in [-0.2, 0) is 15.3 Å². The fourth-order valence-corrected chi connectivity index (χ4v) is 2.03. The number of thioether (sulfide) groups is 1. The Balaban J connectivity index is 2.56. The van der Waals surface area contributed by atoms with Crippen molar-refractivity contribution in [3.05, 3.63) is 23.8 Å². The molecule has 0 saturated heterocycles. The van der Waals surface area contributed by atoms with Crippen LogP contribution in [0.3, 0.4) is 0 Å². The molecule has 0 unspecified atom stereocenters. The molecular formula is C11H15NO3S. The summed E-state index contributed by atoms with van der Waals surface area (Å²) >= 11 is 1.48. The van der Waals surface area contributed by atoms with Crippen LogP contribution >= 0.6 is 11.8 Å². The summed E-state index contributed by atoms with van der Waals surface area (Å²) in [6, 6.07) is 5.49. The fraction of sp³-hybridized carbons (Fsp3) is 0.364. The molecule has 0 aromatic heterocycles. The van der Waals surface area contributed by atoms with E-state index in [-0.39, 0.29) is 5.97 Å². The zero-order chi connectivity index (χ0) is 12.0. The molecule has 0 aliphatic carbocycles. The monoisotopic (exact) mass is 241 g/mol. The Kier molecular flexibility index (Phi) is 4.98. The van der Waals surface area contributed by atoms with Crippen molar-refractivity contribution in [1.82, 2.24) is 0 Å². The van der Waals surface area contributed by atoms with Gasteiger partial charge in [-0.2, -0.15) is 0 Å². The SMILES string of the molecule is COC(=O)CSCc1ccc(N)cc1OC. The summed E-state index contributed by atoms with van der Waals surface area (Å²) in [7, 11) is 2.98. The van der Waals surface area contributed by atoms with E-state index in [0.717, 1.165) is 11.3 Å². The van der Waals surface area contributed by atoms with Crippen LogP contribution in [-0.4, -0.2) is 25.9 Å². The molecule has 5 heteroatoms. The first kappa shape index (κ1) is 12.7. The number of hydrogen-bond acceptors (Lipinski definition) is 5. The lowest BCUT2D eigenvalue weighted by molar-refractivity contribution is -0.137. The molecule has 4 nitrogen and oxygen atoms in total. The lowest BCUT2D eigenvalue weighted by Crippen LogP contribution is -2.03. The zero-order valence-corrected chi connectivity index (χ0v) is 10.2. The highest BCUT2D eigenvalue weighted by Gasteiger charge is 2.05. The first-order chi connectivity index (χ1) is 7.67. The summed E-state index contributed by atoms with van der Waals surface area (Å²) in [5, 5.41) is 0. The molecule has 0 spiro atoms. The zero-order valence-electron chi connectivity index (χ0n) is 9.36. The molecule has 1 aromatic carbocycles. The summed E-state index contributed by atoms with van der Waals surface area (Å²) in [6.45, 7) is 0. The van der Waals surface area contributed by atoms with Crippen molar-refractivity contribution in [2.24, 2.45) is 0 Å². The van der Waals surface area contributed by atoms with Crippen LogP contribution in [0.4, 0.5) is 5.69 Å². The summed E-state index contributed by atoms with van der Waals surface area (Å²) in [5.74, 6) is 1.56. The van der Waals surface area contributed by atoms with Gasteiger partial charge in [0.1, 0.15) is 5.75 Å². The summed E-state index contributed by atoms with van der Waals surface area (Å²) in [5.41, 5.74) is 7.32. The number of ether oxygens (including phenoxy) is 2. The highest BCUT2D eigenvalue weighted by Crippen LogP contribution is 2.25. The number of carbonyl (C=O) groups excluding carboxylic acids is 1. The molecule has 0 fully saturated rings. The minimum absolute atomic E-state index is 0.223. The van der Waals surface area contributed by atoms with Gasteiger partial charge in [-0.15, -0.1) is 11.8 Å². The van der Waals surface area contributed by atoms with E-state index in [2.05, 4.69) is 4.74 Å². The van der Waals surface area contributed by atoms with Gasteiger partial charge in [0.25, 0.3) is 0 Å². The number of esters is 1. The Morgan fingerprint density at radius 2 is 2.19 bits per heavy atom. The van der Waals surface area contributed by atoms with Gasteiger partial charge in [-0.05, 0) is 6.07 Å². The molecule has 0 atom stereocenters. The summed E-state index contributed by atoms with van der Waals surface area (Å²) < 4.78 is 9.75. The van der Waals surface area contributed by atoms with Crippen molar-refractivity contribution in [2.45, 2.75) is 5.75 Å². The second-order valence-electron chi connectivity index (χ2n) is 3.14. The van der Waals surface area contributed by atoms with E-state index >= 15 is 0 Å². The molecule has 0 aliphatic heterocycles. The fourth-order valence-electron chi connectivity index (χ4n) is 1.18. The van der Waals surface area contributed by atoms with Gasteiger partial charge in [-0.1, -0.05) is 6.07 Å². The maximum atomic E-state index is 10.9. The van der Waals surface area contributed by atoms with Gasteiger partial charge in [-0.25, -0.2) is 0 Å². The topological polar surface area (TPSA) is 61.5 Å². The molecule has 2 N–H and O–H groups in total. The largest absolute Gasteiger partial charge is 0.496 e. The Hall–Kier alpha value is -1.36. The van der Waals surface area contributed by atoms with Gasteiger partial charge in [0.15, 0.2) is 0 Å². The van der Waals surface area contributed by atoms with E-state index < -0.39 is 0 Å². The van der Waals surface area contributed by atoms with Crippen molar-refractivity contribution in [3.63, 3.8) is 0 Å². The number of anilines is 1. The Bertz CT molecular complexity index is 368. The van der Waals surface area contributed by atoms with Gasteiger partial charge in [0, 0.05) is 23.1 Å². The van der Waals surface area contributed by atoms with E-state index in [0.29, 0.717) is 17.2 Å². The molecule has 1 aromatic rings. The average Bonchev–Trinajstić information content (AvgIpc) is 2.30. The Morgan fingerprint density at radius 1 is 1.44 bits per heavy atom. The number of methoxy groups -OCH3 is 2. The van der Waals surface area contributed by atoms with Gasteiger partial charge in [0.2, 0.25) is 0 Å². The van der Waals surface area contributed by atoms with Crippen molar-refractivity contribution in [3.8, 4) is 5.75 Å². The van der Waals surface area contributed by atoms with Crippen LogP contribution in [0.2, 0.25) is 0 Å². The summed E-state index contributed by atoms with van der Waals surface area (Å²) in [4.78, 5) is 10.9. The van der Waals surface area contributed by atoms with Crippen LogP contribution < -0.4 is 10.5 Å². The Labute approximate surface area is 99.1 Å². The molecule has 0 bridgehead atoms. The number of carbonyl (C=O) groups is 1. The number of benzene rings is 1. The second kappa shape index (κ2) is 6.27. The minimum Gasteiger partial charge on any atom is -0.496 e. The molecule has 0 heterocycles. The predicted octanol–water partition coefficient (Wildman–Crippen LogP) is 1.68. The first-order valence-corrected chi connectivity index (χ1v) is 5.89. The minimum atomic E-state index is -0.223. The first-order valence-electron chi connectivity index (χ1n) is 4.74. The maximum absolute atomic E-state index is 10.9. The average molecular weight is 241 g/mol. The lowest BCUT2D eigenvalue weighted by atomic mass is 10.2. The van der Waals surface area contributed by atoms with E-state index in [1.165, 1.54) is 18.9 Å².